The maximum absolute atomic E-state index is 5.85. The lowest BCUT2D eigenvalue weighted by atomic mass is 9.94. The molecule has 23 heavy (non-hydrogen) atoms. The molecule has 0 unspecified atom stereocenters. The number of aryl methyl sites for hydroxylation is 3. The van der Waals surface area contributed by atoms with E-state index in [1.54, 1.807) is 0 Å². The highest BCUT2D eigenvalue weighted by Crippen LogP contribution is 2.46. The minimum absolute atomic E-state index is 0. The molecule has 0 spiro atoms. The molecule has 0 aliphatic carbocycles. The Balaban J connectivity index is 0.00000156. The van der Waals surface area contributed by atoms with Crippen molar-refractivity contribution in [2.45, 2.75) is 54.5 Å². The maximum Gasteiger partial charge on any atom is 0.327 e. The first-order valence-corrected chi connectivity index (χ1v) is 7.88. The van der Waals surface area contributed by atoms with Gasteiger partial charge in [0.2, 0.25) is 5.76 Å². The second-order valence-electron chi connectivity index (χ2n) is 7.14. The summed E-state index contributed by atoms with van der Waals surface area (Å²) in [6.45, 7) is 13.5. The molecule has 0 saturated carbocycles. The zero-order valence-corrected chi connectivity index (χ0v) is 14.5. The molecular formula is C20H27N2O+. The van der Waals surface area contributed by atoms with Gasteiger partial charge in [-0.2, -0.15) is 0 Å². The number of rotatable bonds is 0. The second kappa shape index (κ2) is 4.50. The fourth-order valence-electron chi connectivity index (χ4n) is 4.20. The number of furan rings is 1. The summed E-state index contributed by atoms with van der Waals surface area (Å²) in [5, 5.41) is 0. The quantitative estimate of drug-likeness (QED) is 0.552. The zero-order valence-electron chi connectivity index (χ0n) is 14.5. The van der Waals surface area contributed by atoms with Gasteiger partial charge in [0.15, 0.2) is 11.0 Å². The molecule has 0 saturated heterocycles. The Morgan fingerprint density at radius 2 is 1.61 bits per heavy atom. The van der Waals surface area contributed by atoms with Crippen LogP contribution in [0.3, 0.4) is 0 Å². The highest BCUT2D eigenvalue weighted by atomic mass is 16.3. The fourth-order valence-corrected chi connectivity index (χ4v) is 4.20. The van der Waals surface area contributed by atoms with Crippen molar-refractivity contribution >= 4 is 11.0 Å². The monoisotopic (exact) mass is 311 g/mol. The van der Waals surface area contributed by atoms with E-state index < -0.39 is 0 Å². The molecule has 0 bridgehead atoms. The first-order chi connectivity index (χ1) is 10.3. The van der Waals surface area contributed by atoms with Gasteiger partial charge in [-0.15, -0.1) is 0 Å². The van der Waals surface area contributed by atoms with Gasteiger partial charge < -0.3 is 4.42 Å². The average molecular weight is 311 g/mol. The van der Waals surface area contributed by atoms with Crippen LogP contribution in [-0.2, 0) is 12.6 Å². The predicted molar refractivity (Wildman–Crippen MR) is 94.9 cm³/mol. The van der Waals surface area contributed by atoms with E-state index in [9.17, 15) is 0 Å². The average Bonchev–Trinajstić information content (AvgIpc) is 3.09. The lowest BCUT2D eigenvalue weighted by Gasteiger charge is -2.18. The van der Waals surface area contributed by atoms with Crippen molar-refractivity contribution in [3.8, 4) is 11.6 Å². The van der Waals surface area contributed by atoms with Gasteiger partial charge >= 0.3 is 5.82 Å². The van der Waals surface area contributed by atoms with Gasteiger partial charge in [0, 0.05) is 11.1 Å². The highest BCUT2D eigenvalue weighted by Gasteiger charge is 2.49. The van der Waals surface area contributed by atoms with Crippen LogP contribution in [0.1, 0.15) is 49.1 Å². The van der Waals surface area contributed by atoms with Crippen LogP contribution in [0.5, 0.6) is 0 Å². The molecule has 3 aromatic rings. The summed E-state index contributed by atoms with van der Waals surface area (Å²) >= 11 is 0. The van der Waals surface area contributed by atoms with Gasteiger partial charge in [0.25, 0.3) is 0 Å². The third-order valence-corrected chi connectivity index (χ3v) is 5.80. The van der Waals surface area contributed by atoms with Crippen LogP contribution in [0.25, 0.3) is 22.6 Å². The summed E-state index contributed by atoms with van der Waals surface area (Å²) in [6.07, 6.45) is 1.81. The Morgan fingerprint density at radius 1 is 1.00 bits per heavy atom. The van der Waals surface area contributed by atoms with Crippen LogP contribution in [0.4, 0.5) is 0 Å². The lowest BCUT2D eigenvalue weighted by molar-refractivity contribution is -0.634. The Hall–Kier alpha value is -2.03. The van der Waals surface area contributed by atoms with Crippen LogP contribution < -0.4 is 4.57 Å². The van der Waals surface area contributed by atoms with Crippen molar-refractivity contribution in [2.75, 3.05) is 0 Å². The highest BCUT2D eigenvalue weighted by molar-refractivity contribution is 5.86. The van der Waals surface area contributed by atoms with Crippen LogP contribution in [-0.4, -0.2) is 4.57 Å². The predicted octanol–water partition coefficient (Wildman–Crippen LogP) is 4.69. The summed E-state index contributed by atoms with van der Waals surface area (Å²) < 4.78 is 10.6. The number of benzene rings is 1. The molecular weight excluding hydrogens is 284 g/mol. The number of fused-ring (bicyclic) bond motifs is 5. The Morgan fingerprint density at radius 3 is 2.26 bits per heavy atom. The van der Waals surface area contributed by atoms with E-state index in [1.165, 1.54) is 44.7 Å². The van der Waals surface area contributed by atoms with E-state index in [-0.39, 0.29) is 13.0 Å². The molecule has 0 N–H and O–H groups in total. The van der Waals surface area contributed by atoms with E-state index in [1.807, 2.05) is 6.26 Å². The number of aromatic nitrogens is 2. The van der Waals surface area contributed by atoms with E-state index in [0.29, 0.717) is 0 Å². The molecule has 1 aliphatic heterocycles. The van der Waals surface area contributed by atoms with Gasteiger partial charge in [-0.05, 0) is 58.7 Å². The summed E-state index contributed by atoms with van der Waals surface area (Å²) in [5.74, 6) is 2.19. The smallest absolute Gasteiger partial charge is 0.327 e. The van der Waals surface area contributed by atoms with Crippen molar-refractivity contribution in [3.63, 3.8) is 0 Å². The summed E-state index contributed by atoms with van der Waals surface area (Å²) in [5.41, 5.74) is 9.38. The molecule has 3 heteroatoms. The third-order valence-electron chi connectivity index (χ3n) is 5.80. The molecule has 0 atom stereocenters. The van der Waals surface area contributed by atoms with Gasteiger partial charge in [-0.1, -0.05) is 7.43 Å². The maximum atomic E-state index is 5.85. The van der Waals surface area contributed by atoms with Crippen LogP contribution in [0.15, 0.2) is 16.7 Å². The van der Waals surface area contributed by atoms with Crippen molar-refractivity contribution in [1.29, 1.82) is 0 Å². The molecule has 2 aromatic heterocycles. The third kappa shape index (κ3) is 1.58. The van der Waals surface area contributed by atoms with Gasteiger partial charge in [-0.3, -0.25) is 0 Å². The fraction of sp³-hybridized carbons (Fsp3) is 0.450. The minimum atomic E-state index is -0.0872. The molecule has 1 aliphatic rings. The van der Waals surface area contributed by atoms with Crippen LogP contribution in [0.2, 0.25) is 0 Å². The molecule has 3 nitrogen and oxygen atoms in total. The number of imidazole rings is 1. The van der Waals surface area contributed by atoms with E-state index in [0.717, 1.165) is 5.76 Å². The summed E-state index contributed by atoms with van der Waals surface area (Å²) in [6, 6.07) is 2.11. The number of nitrogens with zero attached hydrogens (tertiary/aromatic N) is 2. The van der Waals surface area contributed by atoms with Crippen molar-refractivity contribution < 1.29 is 8.98 Å². The minimum Gasteiger partial charge on any atom is -0.456 e. The SMILES string of the molecule is C.Cc1c(C)c(C)c2c(c1C)n1c([n+]2C)-c2occc2C1(C)C. The van der Waals surface area contributed by atoms with Crippen LogP contribution in [0, 0.1) is 27.7 Å². The van der Waals surface area contributed by atoms with E-state index in [2.05, 4.69) is 63.8 Å². The van der Waals surface area contributed by atoms with Gasteiger partial charge in [-0.25, -0.2) is 9.13 Å². The summed E-state index contributed by atoms with van der Waals surface area (Å²) in [7, 11) is 2.16. The zero-order chi connectivity index (χ0) is 16.0. The largest absolute Gasteiger partial charge is 0.456 e. The number of hydrogen-bond donors (Lipinski definition) is 0. The lowest BCUT2D eigenvalue weighted by Crippen LogP contribution is -2.30. The second-order valence-corrected chi connectivity index (χ2v) is 7.14. The van der Waals surface area contributed by atoms with E-state index >= 15 is 0 Å². The molecule has 0 fully saturated rings. The summed E-state index contributed by atoms with van der Waals surface area (Å²) in [4.78, 5) is 0. The van der Waals surface area contributed by atoms with Gasteiger partial charge in [0.05, 0.1) is 18.9 Å². The van der Waals surface area contributed by atoms with E-state index in [4.69, 9.17) is 4.42 Å². The molecule has 4 rings (SSSR count). The topological polar surface area (TPSA) is 21.9 Å². The van der Waals surface area contributed by atoms with Crippen molar-refractivity contribution in [1.82, 2.24) is 4.57 Å². The van der Waals surface area contributed by atoms with Gasteiger partial charge in [0.1, 0.15) is 5.54 Å². The molecule has 1 aromatic carbocycles. The standard InChI is InChI=1S/C19H23N2O.CH4/c1-10-11(2)13(4)16-15(12(10)3)20(7)18-17-14(8-9-22-17)19(5,6)21(16)18;/h8-9H,1-7H3;1H4/q+1;. The molecule has 3 heterocycles. The Kier molecular flexibility index (Phi) is 3.10. The normalized spacial score (nSPS) is 14.7. The first kappa shape index (κ1) is 15.9. The van der Waals surface area contributed by atoms with Crippen LogP contribution >= 0.6 is 0 Å². The Labute approximate surface area is 138 Å². The Bertz CT molecular complexity index is 954. The van der Waals surface area contributed by atoms with Crippen molar-refractivity contribution in [2.24, 2.45) is 7.05 Å². The molecule has 122 valence electrons. The van der Waals surface area contributed by atoms with Crippen molar-refractivity contribution in [3.05, 3.63) is 40.1 Å². The molecule has 0 radical (unpaired) electrons. The molecule has 0 amide bonds. The number of hydrogen-bond acceptors (Lipinski definition) is 1. The first-order valence-electron chi connectivity index (χ1n) is 7.88.